The number of benzene rings is 1. The van der Waals surface area contributed by atoms with Crippen molar-refractivity contribution in [3.05, 3.63) is 66.5 Å². The molecule has 3 aromatic rings. The van der Waals surface area contributed by atoms with Crippen molar-refractivity contribution in [1.29, 1.82) is 0 Å². The molecule has 1 aliphatic heterocycles. The highest BCUT2D eigenvalue weighted by Crippen LogP contribution is 2.21. The van der Waals surface area contributed by atoms with E-state index >= 15 is 0 Å². The zero-order valence-corrected chi connectivity index (χ0v) is 16.0. The Labute approximate surface area is 164 Å². The molecular weight excluding hydrogens is 364 g/mol. The van der Waals surface area contributed by atoms with E-state index in [9.17, 15) is 4.79 Å². The zero-order valence-electron chi connectivity index (χ0n) is 15.2. The number of aryl methyl sites for hydroxylation is 1. The molecule has 0 bridgehead atoms. The molecule has 4 rings (SSSR count). The summed E-state index contributed by atoms with van der Waals surface area (Å²) in [5.41, 5.74) is 1.99. The fraction of sp³-hybridized carbons (Fsp3) is 0.316. The topological polar surface area (TPSA) is 68.0 Å². The van der Waals surface area contributed by atoms with E-state index in [1.165, 1.54) is 0 Å². The summed E-state index contributed by atoms with van der Waals surface area (Å²) in [5, 5.41) is 7.59. The summed E-state index contributed by atoms with van der Waals surface area (Å²) >= 11 is 0. The monoisotopic (exact) mass is 386 g/mol. The van der Waals surface area contributed by atoms with Gasteiger partial charge < -0.3 is 14.8 Å². The molecule has 0 saturated carbocycles. The molecule has 1 atom stereocenters. The highest BCUT2D eigenvalue weighted by atomic mass is 35.5. The number of aromatic nitrogens is 4. The molecule has 27 heavy (non-hydrogen) atoms. The maximum Gasteiger partial charge on any atom is 0.227 e. The van der Waals surface area contributed by atoms with Crippen LogP contribution >= 0.6 is 12.4 Å². The molecule has 3 heterocycles. The molecule has 1 saturated heterocycles. The predicted octanol–water partition coefficient (Wildman–Crippen LogP) is 1.74. The number of rotatable bonds is 4. The summed E-state index contributed by atoms with van der Waals surface area (Å²) in [4.78, 5) is 19.3. The number of piperazine rings is 1. The van der Waals surface area contributed by atoms with Gasteiger partial charge >= 0.3 is 0 Å². The fourth-order valence-corrected chi connectivity index (χ4v) is 3.40. The molecule has 0 radical (unpaired) electrons. The van der Waals surface area contributed by atoms with Crippen LogP contribution in [0.2, 0.25) is 0 Å². The van der Waals surface area contributed by atoms with Gasteiger partial charge in [-0.3, -0.25) is 4.79 Å². The largest absolute Gasteiger partial charge is 0.336 e. The highest BCUT2D eigenvalue weighted by Gasteiger charge is 2.30. The Kier molecular flexibility index (Phi) is 5.93. The van der Waals surface area contributed by atoms with E-state index in [-0.39, 0.29) is 24.4 Å². The maximum absolute atomic E-state index is 12.9. The molecule has 1 fully saturated rings. The minimum atomic E-state index is -0.0282. The third-order valence-corrected chi connectivity index (χ3v) is 4.78. The van der Waals surface area contributed by atoms with Gasteiger partial charge in [-0.2, -0.15) is 5.10 Å². The van der Waals surface area contributed by atoms with E-state index < -0.39 is 0 Å². The van der Waals surface area contributed by atoms with E-state index in [2.05, 4.69) is 15.4 Å². The van der Waals surface area contributed by atoms with Crippen molar-refractivity contribution in [2.24, 2.45) is 7.05 Å². The van der Waals surface area contributed by atoms with Crippen molar-refractivity contribution < 1.29 is 4.79 Å². The second-order valence-electron chi connectivity index (χ2n) is 6.50. The first kappa shape index (κ1) is 19.1. The minimum Gasteiger partial charge on any atom is -0.336 e. The van der Waals surface area contributed by atoms with Gasteiger partial charge in [0.15, 0.2) is 0 Å². The number of halogens is 1. The van der Waals surface area contributed by atoms with Gasteiger partial charge in [0.05, 0.1) is 12.1 Å². The van der Waals surface area contributed by atoms with Crippen LogP contribution in [0, 0.1) is 0 Å². The first-order valence-electron chi connectivity index (χ1n) is 8.79. The van der Waals surface area contributed by atoms with Crippen LogP contribution in [0.3, 0.4) is 0 Å². The molecule has 1 aliphatic rings. The van der Waals surface area contributed by atoms with Crippen LogP contribution in [0.15, 0.2) is 55.1 Å². The first-order chi connectivity index (χ1) is 12.7. The lowest BCUT2D eigenvalue weighted by atomic mass is 10.1. The SMILES string of the molecule is Cl.Cn1ccnc1C1CNCCN1C(=O)Cc1ccc(-n2cccn2)cc1. The van der Waals surface area contributed by atoms with Crippen LogP contribution in [0.25, 0.3) is 5.69 Å². The van der Waals surface area contributed by atoms with Gasteiger partial charge in [0.2, 0.25) is 5.91 Å². The molecule has 0 aliphatic carbocycles. The molecule has 8 heteroatoms. The van der Waals surface area contributed by atoms with Crippen LogP contribution in [0.1, 0.15) is 17.4 Å². The van der Waals surface area contributed by atoms with Crippen molar-refractivity contribution in [2.45, 2.75) is 12.5 Å². The Balaban J connectivity index is 0.00000210. The second kappa shape index (κ2) is 8.37. The van der Waals surface area contributed by atoms with Gasteiger partial charge in [0.25, 0.3) is 0 Å². The second-order valence-corrected chi connectivity index (χ2v) is 6.50. The van der Waals surface area contributed by atoms with Crippen molar-refractivity contribution in [3.63, 3.8) is 0 Å². The number of amides is 1. The summed E-state index contributed by atoms with van der Waals surface area (Å²) in [5.74, 6) is 1.05. The number of carbonyl (C=O) groups is 1. The third-order valence-electron chi connectivity index (χ3n) is 4.78. The van der Waals surface area contributed by atoms with Crippen LogP contribution in [0.5, 0.6) is 0 Å². The lowest BCUT2D eigenvalue weighted by Gasteiger charge is -2.35. The molecule has 1 aromatic carbocycles. The lowest BCUT2D eigenvalue weighted by molar-refractivity contribution is -0.134. The highest BCUT2D eigenvalue weighted by molar-refractivity contribution is 5.85. The Bertz CT molecular complexity index is 874. The molecule has 7 nitrogen and oxygen atoms in total. The number of nitrogens with zero attached hydrogens (tertiary/aromatic N) is 5. The first-order valence-corrected chi connectivity index (χ1v) is 8.79. The summed E-state index contributed by atoms with van der Waals surface area (Å²) in [6.07, 6.45) is 7.74. The van der Waals surface area contributed by atoms with Crippen LogP contribution in [0.4, 0.5) is 0 Å². The Hall–Kier alpha value is -2.64. The van der Waals surface area contributed by atoms with Crippen LogP contribution in [-0.2, 0) is 18.3 Å². The minimum absolute atomic E-state index is 0. The van der Waals surface area contributed by atoms with E-state index in [1.54, 1.807) is 17.1 Å². The number of hydrogen-bond donors (Lipinski definition) is 1. The molecule has 1 unspecified atom stereocenters. The standard InChI is InChI=1S/C19H22N6O.ClH/c1-23-11-9-21-19(23)17-14-20-8-12-24(17)18(26)13-15-3-5-16(6-4-15)25-10-2-7-22-25;/h2-7,9-11,17,20H,8,12-14H2,1H3;1H. The predicted molar refractivity (Wildman–Crippen MR) is 105 cm³/mol. The van der Waals surface area contributed by atoms with Crippen LogP contribution in [-0.4, -0.2) is 49.8 Å². The summed E-state index contributed by atoms with van der Waals surface area (Å²) in [6, 6.07) is 9.83. The van der Waals surface area contributed by atoms with E-state index in [0.29, 0.717) is 13.0 Å². The Morgan fingerprint density at radius 3 is 2.70 bits per heavy atom. The molecular formula is C19H23ClN6O. The summed E-state index contributed by atoms with van der Waals surface area (Å²) in [7, 11) is 1.97. The van der Waals surface area contributed by atoms with Crippen molar-refractivity contribution in [3.8, 4) is 5.69 Å². The molecule has 1 N–H and O–H groups in total. The van der Waals surface area contributed by atoms with Crippen LogP contribution < -0.4 is 5.32 Å². The fourth-order valence-electron chi connectivity index (χ4n) is 3.40. The lowest BCUT2D eigenvalue weighted by Crippen LogP contribution is -2.49. The van der Waals surface area contributed by atoms with Gasteiger partial charge in [-0.25, -0.2) is 9.67 Å². The number of carbonyl (C=O) groups excluding carboxylic acids is 1. The average Bonchev–Trinajstić information content (AvgIpc) is 3.34. The molecule has 142 valence electrons. The number of imidazole rings is 1. The summed E-state index contributed by atoms with van der Waals surface area (Å²) < 4.78 is 3.79. The molecule has 1 amide bonds. The Morgan fingerprint density at radius 2 is 2.04 bits per heavy atom. The number of nitrogens with one attached hydrogen (secondary N) is 1. The average molecular weight is 387 g/mol. The van der Waals surface area contributed by atoms with Crippen molar-refractivity contribution in [1.82, 2.24) is 29.5 Å². The van der Waals surface area contributed by atoms with Gasteiger partial charge in [0, 0.05) is 51.5 Å². The third kappa shape index (κ3) is 4.04. The molecule has 2 aromatic heterocycles. The van der Waals surface area contributed by atoms with E-state index in [1.807, 2.05) is 59.2 Å². The smallest absolute Gasteiger partial charge is 0.227 e. The van der Waals surface area contributed by atoms with E-state index in [4.69, 9.17) is 0 Å². The maximum atomic E-state index is 12.9. The normalized spacial score (nSPS) is 16.8. The Morgan fingerprint density at radius 1 is 1.22 bits per heavy atom. The van der Waals surface area contributed by atoms with Gasteiger partial charge in [0.1, 0.15) is 11.9 Å². The van der Waals surface area contributed by atoms with Gasteiger partial charge in [-0.1, -0.05) is 12.1 Å². The summed E-state index contributed by atoms with van der Waals surface area (Å²) in [6.45, 7) is 2.24. The van der Waals surface area contributed by atoms with Gasteiger partial charge in [-0.15, -0.1) is 12.4 Å². The van der Waals surface area contributed by atoms with Crippen molar-refractivity contribution >= 4 is 18.3 Å². The van der Waals surface area contributed by atoms with Gasteiger partial charge in [-0.05, 0) is 23.8 Å². The zero-order chi connectivity index (χ0) is 17.9. The number of hydrogen-bond acceptors (Lipinski definition) is 4. The van der Waals surface area contributed by atoms with E-state index in [0.717, 1.165) is 30.2 Å². The molecule has 0 spiro atoms. The van der Waals surface area contributed by atoms with Crippen molar-refractivity contribution in [2.75, 3.05) is 19.6 Å². The quantitative estimate of drug-likeness (QED) is 0.741.